The van der Waals surface area contributed by atoms with Gasteiger partial charge >= 0.3 is 5.97 Å². The second-order valence-electron chi connectivity index (χ2n) is 4.57. The first kappa shape index (κ1) is 14.2. The van der Waals surface area contributed by atoms with Crippen LogP contribution in [0.4, 0.5) is 0 Å². The van der Waals surface area contributed by atoms with Crippen LogP contribution in [0.15, 0.2) is 48.5 Å². The van der Waals surface area contributed by atoms with E-state index in [-0.39, 0.29) is 11.7 Å². The minimum atomic E-state index is -0.998. The van der Waals surface area contributed by atoms with Gasteiger partial charge in [-0.2, -0.15) is 0 Å². The van der Waals surface area contributed by atoms with E-state index in [9.17, 15) is 4.79 Å². The number of benzene rings is 1. The lowest BCUT2D eigenvalue weighted by molar-refractivity contribution is 0.0690. The van der Waals surface area contributed by atoms with Crippen LogP contribution in [0.2, 0.25) is 0 Å². The van der Waals surface area contributed by atoms with Gasteiger partial charge in [0.15, 0.2) is 0 Å². The molecule has 0 bridgehead atoms. The average molecular weight is 270 g/mol. The highest BCUT2D eigenvalue weighted by atomic mass is 16.4. The van der Waals surface area contributed by atoms with Gasteiger partial charge in [-0.25, -0.2) is 9.78 Å². The van der Waals surface area contributed by atoms with E-state index in [1.54, 1.807) is 6.07 Å². The zero-order valence-corrected chi connectivity index (χ0v) is 11.4. The maximum Gasteiger partial charge on any atom is 0.354 e. The highest BCUT2D eigenvalue weighted by Crippen LogP contribution is 2.16. The molecule has 0 aliphatic heterocycles. The molecule has 1 unspecified atom stereocenters. The molecule has 104 valence electrons. The Morgan fingerprint density at radius 3 is 2.60 bits per heavy atom. The Kier molecular flexibility index (Phi) is 4.85. The highest BCUT2D eigenvalue weighted by molar-refractivity contribution is 5.85. The number of nitrogens with zero attached hydrogens (tertiary/aromatic N) is 1. The van der Waals surface area contributed by atoms with E-state index < -0.39 is 5.97 Å². The number of hydrogen-bond donors (Lipinski definition) is 2. The van der Waals surface area contributed by atoms with Gasteiger partial charge in [0.25, 0.3) is 0 Å². The normalized spacial score (nSPS) is 12.1. The molecule has 2 N–H and O–H groups in total. The van der Waals surface area contributed by atoms with Crippen LogP contribution in [-0.2, 0) is 6.54 Å². The molecule has 0 aliphatic carbocycles. The van der Waals surface area contributed by atoms with Gasteiger partial charge in [0.05, 0.1) is 5.69 Å². The maximum absolute atomic E-state index is 10.9. The molecule has 0 fully saturated rings. The van der Waals surface area contributed by atoms with Crippen LogP contribution >= 0.6 is 0 Å². The lowest BCUT2D eigenvalue weighted by Crippen LogP contribution is -2.21. The molecular formula is C16H18N2O2. The SMILES string of the molecule is CCC(NCc1cccc(C(=O)O)n1)c1ccccc1. The summed E-state index contributed by atoms with van der Waals surface area (Å²) >= 11 is 0. The standard InChI is InChI=1S/C16H18N2O2/c1-2-14(12-7-4-3-5-8-12)17-11-13-9-6-10-15(18-13)16(19)20/h3-10,14,17H,2,11H2,1H3,(H,19,20). The van der Waals surface area contributed by atoms with Crippen LogP contribution < -0.4 is 5.32 Å². The molecule has 4 nitrogen and oxygen atoms in total. The van der Waals surface area contributed by atoms with Crippen molar-refractivity contribution in [3.63, 3.8) is 0 Å². The zero-order chi connectivity index (χ0) is 14.4. The minimum Gasteiger partial charge on any atom is -0.477 e. The monoisotopic (exact) mass is 270 g/mol. The number of hydrogen-bond acceptors (Lipinski definition) is 3. The van der Waals surface area contributed by atoms with E-state index in [0.717, 1.165) is 12.1 Å². The van der Waals surface area contributed by atoms with Crippen LogP contribution in [0.5, 0.6) is 0 Å². The quantitative estimate of drug-likeness (QED) is 0.847. The van der Waals surface area contributed by atoms with E-state index in [0.29, 0.717) is 6.54 Å². The Bertz CT molecular complexity index is 570. The number of nitrogens with one attached hydrogen (secondary N) is 1. The van der Waals surface area contributed by atoms with Crippen molar-refractivity contribution in [2.45, 2.75) is 25.9 Å². The summed E-state index contributed by atoms with van der Waals surface area (Å²) in [5.41, 5.74) is 2.04. The second kappa shape index (κ2) is 6.82. The van der Waals surface area contributed by atoms with Gasteiger partial charge in [-0.3, -0.25) is 0 Å². The zero-order valence-electron chi connectivity index (χ0n) is 11.4. The molecule has 1 heterocycles. The fourth-order valence-corrected chi connectivity index (χ4v) is 2.11. The molecular weight excluding hydrogens is 252 g/mol. The van der Waals surface area contributed by atoms with E-state index in [4.69, 9.17) is 5.11 Å². The van der Waals surface area contributed by atoms with Gasteiger partial charge in [0.2, 0.25) is 0 Å². The molecule has 0 saturated carbocycles. The molecule has 2 rings (SSSR count). The van der Waals surface area contributed by atoms with Crippen molar-refractivity contribution in [3.8, 4) is 0 Å². The summed E-state index contributed by atoms with van der Waals surface area (Å²) in [6, 6.07) is 15.5. The predicted molar refractivity (Wildman–Crippen MR) is 77.5 cm³/mol. The third-order valence-electron chi connectivity index (χ3n) is 3.17. The van der Waals surface area contributed by atoms with Crippen LogP contribution in [0.3, 0.4) is 0 Å². The number of carboxylic acids is 1. The molecule has 4 heteroatoms. The Balaban J connectivity index is 2.03. The minimum absolute atomic E-state index is 0.0806. The summed E-state index contributed by atoms with van der Waals surface area (Å²) in [5, 5.41) is 12.3. The highest BCUT2D eigenvalue weighted by Gasteiger charge is 2.09. The molecule has 0 amide bonds. The second-order valence-corrected chi connectivity index (χ2v) is 4.57. The molecule has 1 aromatic heterocycles. The van der Waals surface area contributed by atoms with Crippen molar-refractivity contribution in [1.29, 1.82) is 0 Å². The third kappa shape index (κ3) is 3.65. The summed E-state index contributed by atoms with van der Waals surface area (Å²) in [6.45, 7) is 2.67. The summed E-state index contributed by atoms with van der Waals surface area (Å²) < 4.78 is 0. The van der Waals surface area contributed by atoms with Crippen LogP contribution in [0.1, 0.15) is 41.1 Å². The summed E-state index contributed by atoms with van der Waals surface area (Å²) in [4.78, 5) is 15.0. The summed E-state index contributed by atoms with van der Waals surface area (Å²) in [7, 11) is 0. The molecule has 2 aromatic rings. The van der Waals surface area contributed by atoms with Gasteiger partial charge in [0, 0.05) is 12.6 Å². The third-order valence-corrected chi connectivity index (χ3v) is 3.17. The number of aromatic carboxylic acids is 1. The fourth-order valence-electron chi connectivity index (χ4n) is 2.11. The smallest absolute Gasteiger partial charge is 0.354 e. The van der Waals surface area contributed by atoms with E-state index in [1.807, 2.05) is 24.3 Å². The number of aromatic nitrogens is 1. The van der Waals surface area contributed by atoms with Crippen molar-refractivity contribution >= 4 is 5.97 Å². The Morgan fingerprint density at radius 2 is 1.95 bits per heavy atom. The fraction of sp³-hybridized carbons (Fsp3) is 0.250. The van der Waals surface area contributed by atoms with Gasteiger partial charge in [0.1, 0.15) is 5.69 Å². The average Bonchev–Trinajstić information content (AvgIpc) is 2.49. The number of carbonyl (C=O) groups is 1. The first-order valence-electron chi connectivity index (χ1n) is 6.68. The van der Waals surface area contributed by atoms with Crippen molar-refractivity contribution in [2.75, 3.05) is 0 Å². The van der Waals surface area contributed by atoms with Crippen LogP contribution in [-0.4, -0.2) is 16.1 Å². The summed E-state index contributed by atoms with van der Waals surface area (Å²) in [5.74, 6) is -0.998. The predicted octanol–water partition coefficient (Wildman–Crippen LogP) is 3.02. The molecule has 1 aromatic carbocycles. The maximum atomic E-state index is 10.9. The van der Waals surface area contributed by atoms with Gasteiger partial charge in [-0.05, 0) is 24.1 Å². The van der Waals surface area contributed by atoms with Crippen molar-refractivity contribution in [2.24, 2.45) is 0 Å². The summed E-state index contributed by atoms with van der Waals surface area (Å²) in [6.07, 6.45) is 0.961. The number of carboxylic acid groups (broad SMARTS) is 1. The molecule has 0 spiro atoms. The first-order chi connectivity index (χ1) is 9.70. The lowest BCUT2D eigenvalue weighted by Gasteiger charge is -2.17. The van der Waals surface area contributed by atoms with Gasteiger partial charge in [-0.1, -0.05) is 43.3 Å². The first-order valence-corrected chi connectivity index (χ1v) is 6.68. The van der Waals surface area contributed by atoms with Crippen molar-refractivity contribution in [1.82, 2.24) is 10.3 Å². The molecule has 20 heavy (non-hydrogen) atoms. The lowest BCUT2D eigenvalue weighted by atomic mass is 10.0. The topological polar surface area (TPSA) is 62.2 Å². The Labute approximate surface area is 118 Å². The van der Waals surface area contributed by atoms with E-state index in [1.165, 1.54) is 11.6 Å². The van der Waals surface area contributed by atoms with Crippen molar-refractivity contribution < 1.29 is 9.90 Å². The van der Waals surface area contributed by atoms with E-state index in [2.05, 4.69) is 29.4 Å². The number of pyridine rings is 1. The molecule has 1 atom stereocenters. The molecule has 0 saturated heterocycles. The number of rotatable bonds is 6. The van der Waals surface area contributed by atoms with Crippen LogP contribution in [0.25, 0.3) is 0 Å². The van der Waals surface area contributed by atoms with Crippen molar-refractivity contribution in [3.05, 3.63) is 65.5 Å². The van der Waals surface area contributed by atoms with E-state index >= 15 is 0 Å². The largest absolute Gasteiger partial charge is 0.477 e. The van der Waals surface area contributed by atoms with Gasteiger partial charge in [-0.15, -0.1) is 0 Å². The van der Waals surface area contributed by atoms with Crippen LogP contribution in [0, 0.1) is 0 Å². The Hall–Kier alpha value is -2.20. The molecule has 0 aliphatic rings. The Morgan fingerprint density at radius 1 is 1.20 bits per heavy atom. The molecule has 0 radical (unpaired) electrons. The van der Waals surface area contributed by atoms with Gasteiger partial charge < -0.3 is 10.4 Å².